The Labute approximate surface area is 299 Å². The highest BCUT2D eigenvalue weighted by atomic mass is 35.5. The van der Waals surface area contributed by atoms with Gasteiger partial charge in [-0.15, -0.1) is 11.6 Å². The SMILES string of the molecule is CCC[C@@H](CCO[Si](c1ccccc1)(c1ccccc1)C(C)(C)C)Nc1nc(NC(=O)OC)nc2cnn(Cc3cnc(CCl)cc3OC)c12. The van der Waals surface area contributed by atoms with Gasteiger partial charge in [0.2, 0.25) is 5.95 Å². The fraction of sp³-hybridized carbons (Fsp3) is 0.378. The minimum absolute atomic E-state index is 0.00940. The van der Waals surface area contributed by atoms with Crippen molar-refractivity contribution in [1.82, 2.24) is 24.7 Å². The number of ether oxygens (including phenoxy) is 2. The van der Waals surface area contributed by atoms with E-state index in [1.807, 2.05) is 6.07 Å². The lowest BCUT2D eigenvalue weighted by Crippen LogP contribution is -2.66. The van der Waals surface area contributed by atoms with E-state index in [2.05, 4.69) is 114 Å². The molecule has 0 saturated heterocycles. The van der Waals surface area contributed by atoms with Gasteiger partial charge < -0.3 is 19.2 Å². The molecule has 264 valence electrons. The second-order valence-electron chi connectivity index (χ2n) is 13.1. The first-order valence-corrected chi connectivity index (χ1v) is 19.3. The van der Waals surface area contributed by atoms with E-state index >= 15 is 0 Å². The van der Waals surface area contributed by atoms with Crippen molar-refractivity contribution in [3.63, 3.8) is 0 Å². The topological polar surface area (TPSA) is 125 Å². The Kier molecular flexibility index (Phi) is 12.1. The number of anilines is 2. The summed E-state index contributed by atoms with van der Waals surface area (Å²) in [7, 11) is 0.192. The summed E-state index contributed by atoms with van der Waals surface area (Å²) in [6, 6.07) is 23.1. The minimum atomic E-state index is -2.72. The highest BCUT2D eigenvalue weighted by Gasteiger charge is 2.50. The van der Waals surface area contributed by atoms with Crippen molar-refractivity contribution >= 4 is 59.2 Å². The summed E-state index contributed by atoms with van der Waals surface area (Å²) in [6.45, 7) is 9.88. The van der Waals surface area contributed by atoms with Crippen LogP contribution in [0.5, 0.6) is 5.75 Å². The van der Waals surface area contributed by atoms with Gasteiger partial charge in [-0.3, -0.25) is 15.0 Å². The molecule has 1 amide bonds. The Hall–Kier alpha value is -4.52. The smallest absolute Gasteiger partial charge is 0.413 e. The van der Waals surface area contributed by atoms with Crippen molar-refractivity contribution < 1.29 is 18.7 Å². The molecule has 11 nitrogen and oxygen atoms in total. The maximum Gasteiger partial charge on any atom is 0.413 e. The molecule has 0 aliphatic rings. The molecular weight excluding hydrogens is 670 g/mol. The first-order chi connectivity index (χ1) is 24.1. The molecule has 13 heteroatoms. The van der Waals surface area contributed by atoms with Gasteiger partial charge in [0.15, 0.2) is 5.82 Å². The second-order valence-corrected chi connectivity index (χ2v) is 17.7. The summed E-state index contributed by atoms with van der Waals surface area (Å²) >= 11 is 6.02. The van der Waals surface area contributed by atoms with Crippen LogP contribution in [0.15, 0.2) is 79.1 Å². The maximum absolute atomic E-state index is 12.2. The fourth-order valence-electron chi connectivity index (χ4n) is 6.41. The monoisotopic (exact) mass is 715 g/mol. The summed E-state index contributed by atoms with van der Waals surface area (Å²) in [5.74, 6) is 1.57. The van der Waals surface area contributed by atoms with Crippen LogP contribution in [0.3, 0.4) is 0 Å². The van der Waals surface area contributed by atoms with Gasteiger partial charge >= 0.3 is 6.09 Å². The number of rotatable bonds is 15. The summed E-state index contributed by atoms with van der Waals surface area (Å²) in [6.07, 6.45) is 5.25. The molecule has 0 saturated carbocycles. The number of hydrogen-bond acceptors (Lipinski definition) is 9. The van der Waals surface area contributed by atoms with E-state index < -0.39 is 14.4 Å². The van der Waals surface area contributed by atoms with Crippen molar-refractivity contribution in [1.29, 1.82) is 0 Å². The summed E-state index contributed by atoms with van der Waals surface area (Å²) in [4.78, 5) is 26.0. The second kappa shape index (κ2) is 16.5. The number of nitrogens with zero attached hydrogens (tertiary/aromatic N) is 5. The molecule has 0 bridgehead atoms. The molecule has 5 aromatic rings. The number of carbonyl (C=O) groups excluding carboxylic acids is 1. The largest absolute Gasteiger partial charge is 0.496 e. The quantitative estimate of drug-likeness (QED) is 0.0895. The predicted molar refractivity (Wildman–Crippen MR) is 201 cm³/mol. The Morgan fingerprint density at radius 2 is 1.66 bits per heavy atom. The number of amides is 1. The zero-order chi connectivity index (χ0) is 35.7. The van der Waals surface area contributed by atoms with Crippen molar-refractivity contribution in [2.45, 2.75) is 70.5 Å². The Morgan fingerprint density at radius 1 is 0.980 bits per heavy atom. The van der Waals surface area contributed by atoms with Gasteiger partial charge in [-0.1, -0.05) is 94.8 Å². The average Bonchev–Trinajstić information content (AvgIpc) is 3.53. The molecule has 0 aliphatic carbocycles. The van der Waals surface area contributed by atoms with Crippen LogP contribution in [0.4, 0.5) is 16.6 Å². The predicted octanol–water partition coefficient (Wildman–Crippen LogP) is 6.74. The molecule has 0 fully saturated rings. The number of hydrogen-bond donors (Lipinski definition) is 2. The number of benzene rings is 2. The Bertz CT molecular complexity index is 1830. The van der Waals surface area contributed by atoms with E-state index in [1.54, 1.807) is 24.2 Å². The van der Waals surface area contributed by atoms with Gasteiger partial charge in [0.25, 0.3) is 8.32 Å². The molecule has 3 aromatic heterocycles. The van der Waals surface area contributed by atoms with Crippen molar-refractivity contribution in [3.05, 3.63) is 90.4 Å². The number of alkyl halides is 1. The number of methoxy groups -OCH3 is 2. The van der Waals surface area contributed by atoms with E-state index in [-0.39, 0.29) is 22.9 Å². The van der Waals surface area contributed by atoms with E-state index in [0.717, 1.165) is 24.8 Å². The van der Waals surface area contributed by atoms with Crippen LogP contribution in [0.2, 0.25) is 5.04 Å². The highest BCUT2D eigenvalue weighted by Crippen LogP contribution is 2.37. The highest BCUT2D eigenvalue weighted by molar-refractivity contribution is 6.99. The van der Waals surface area contributed by atoms with Crippen LogP contribution in [0.25, 0.3) is 11.0 Å². The third-order valence-electron chi connectivity index (χ3n) is 8.74. The van der Waals surface area contributed by atoms with Gasteiger partial charge in [0.1, 0.15) is 16.8 Å². The lowest BCUT2D eigenvalue weighted by molar-refractivity contribution is 0.186. The molecular formula is C37H46ClN7O4Si. The molecule has 0 spiro atoms. The number of halogens is 1. The Balaban J connectivity index is 1.49. The average molecular weight is 716 g/mol. The molecule has 2 N–H and O–H groups in total. The van der Waals surface area contributed by atoms with Gasteiger partial charge in [-0.25, -0.2) is 9.78 Å². The summed E-state index contributed by atoms with van der Waals surface area (Å²) < 4.78 is 19.5. The summed E-state index contributed by atoms with van der Waals surface area (Å²) in [5, 5.41) is 13.3. The molecule has 50 heavy (non-hydrogen) atoms. The third kappa shape index (κ3) is 8.09. The third-order valence-corrected chi connectivity index (χ3v) is 14.1. The van der Waals surface area contributed by atoms with Crippen LogP contribution in [0, 0.1) is 0 Å². The molecule has 2 aromatic carbocycles. The van der Waals surface area contributed by atoms with Crippen LogP contribution in [0.1, 0.15) is 58.2 Å². The number of nitrogens with one attached hydrogen (secondary N) is 2. The zero-order valence-corrected chi connectivity index (χ0v) is 31.3. The van der Waals surface area contributed by atoms with E-state index in [4.69, 9.17) is 30.5 Å². The van der Waals surface area contributed by atoms with Crippen LogP contribution in [-0.2, 0) is 21.6 Å². The number of aromatic nitrogens is 5. The zero-order valence-electron chi connectivity index (χ0n) is 29.6. The number of fused-ring (bicyclic) bond motifs is 1. The minimum Gasteiger partial charge on any atom is -0.496 e. The van der Waals surface area contributed by atoms with Gasteiger partial charge in [-0.05, 0) is 28.3 Å². The Morgan fingerprint density at radius 3 is 2.24 bits per heavy atom. The number of pyridine rings is 1. The summed E-state index contributed by atoms with van der Waals surface area (Å²) in [5.41, 5.74) is 2.76. The molecule has 1 atom stereocenters. The van der Waals surface area contributed by atoms with Crippen LogP contribution < -0.4 is 25.7 Å². The molecule has 0 unspecified atom stereocenters. The van der Waals surface area contributed by atoms with Crippen molar-refractivity contribution in [2.24, 2.45) is 0 Å². The van der Waals surface area contributed by atoms with Crippen LogP contribution >= 0.6 is 11.6 Å². The molecule has 0 aliphatic heterocycles. The maximum atomic E-state index is 12.2. The van der Waals surface area contributed by atoms with Gasteiger partial charge in [0.05, 0.1) is 38.5 Å². The number of carbonyl (C=O) groups is 1. The van der Waals surface area contributed by atoms with E-state index in [1.165, 1.54) is 17.5 Å². The lowest BCUT2D eigenvalue weighted by atomic mass is 10.1. The van der Waals surface area contributed by atoms with Crippen molar-refractivity contribution in [3.8, 4) is 5.75 Å². The van der Waals surface area contributed by atoms with Gasteiger partial charge in [-0.2, -0.15) is 10.1 Å². The lowest BCUT2D eigenvalue weighted by Gasteiger charge is -2.43. The first-order valence-electron chi connectivity index (χ1n) is 16.8. The molecule has 5 rings (SSSR count). The first kappa shape index (κ1) is 36.7. The molecule has 3 heterocycles. The van der Waals surface area contributed by atoms with Crippen molar-refractivity contribution in [2.75, 3.05) is 31.5 Å². The fourth-order valence-corrected chi connectivity index (χ4v) is 11.1. The van der Waals surface area contributed by atoms with E-state index in [9.17, 15) is 4.79 Å². The van der Waals surface area contributed by atoms with Gasteiger partial charge in [0, 0.05) is 30.5 Å². The standard InChI is InChI=1S/C37H46ClN7O4Si/c1-7-14-27(19-20-49-50(37(2,3)4,29-15-10-8-11-16-29)30-17-12-9-13-18-30)41-34-33-31(42-35(43-34)44-36(46)48-6)24-40-45(33)25-26-23-39-28(22-38)21-32(26)47-5/h8-13,15-18,21,23-24,27H,7,14,19-20,22,25H2,1-6H3,(H2,41,42,43,44,46)/t27-/m0/s1. The van der Waals surface area contributed by atoms with Crippen LogP contribution in [-0.4, -0.2) is 66.0 Å². The normalized spacial score (nSPS) is 12.5. The van der Waals surface area contributed by atoms with E-state index in [0.29, 0.717) is 41.4 Å². The molecule has 0 radical (unpaired) electrons.